The minimum Gasteiger partial charge on any atom is -0.377 e. The number of aryl methyl sites for hydroxylation is 2. The molecule has 3 heteroatoms. The zero-order chi connectivity index (χ0) is 23.9. The Labute approximate surface area is 205 Å². The van der Waals surface area contributed by atoms with Crippen molar-refractivity contribution in [2.45, 2.75) is 45.7 Å². The van der Waals surface area contributed by atoms with E-state index in [2.05, 4.69) is 140 Å². The first-order chi connectivity index (χ1) is 16.5. The number of rotatable bonds is 9. The topological polar surface area (TPSA) is 11.0 Å². The summed E-state index contributed by atoms with van der Waals surface area (Å²) >= 11 is 0. The second-order valence-corrected chi connectivity index (χ2v) is 9.71. The molecule has 2 heterocycles. The van der Waals surface area contributed by atoms with Crippen molar-refractivity contribution in [2.75, 3.05) is 19.0 Å². The third-order valence-corrected chi connectivity index (χ3v) is 6.45. The average molecular weight is 452 g/mol. The van der Waals surface area contributed by atoms with Crippen molar-refractivity contribution in [1.29, 1.82) is 0 Å². The van der Waals surface area contributed by atoms with Gasteiger partial charge < -0.3 is 4.90 Å². The molecule has 0 amide bonds. The smallest absolute Gasteiger partial charge is 0.173 e. The number of anilines is 1. The number of hydrogen-bond donors (Lipinski definition) is 0. The number of benzene rings is 2. The Morgan fingerprint density at radius 2 is 0.941 bits per heavy atom. The summed E-state index contributed by atoms with van der Waals surface area (Å²) in [6.07, 6.45) is 10.8. The van der Waals surface area contributed by atoms with Crippen LogP contribution in [0.5, 0.6) is 0 Å². The first kappa shape index (κ1) is 23.7. The maximum absolute atomic E-state index is 2.28. The molecular formula is C31H37N3+2. The molecule has 0 aliphatic heterocycles. The van der Waals surface area contributed by atoms with E-state index in [9.17, 15) is 0 Å². The van der Waals surface area contributed by atoms with E-state index in [1.807, 2.05) is 0 Å². The molecule has 0 N–H and O–H groups in total. The molecule has 0 aliphatic rings. The lowest BCUT2D eigenvalue weighted by atomic mass is 10.0. The summed E-state index contributed by atoms with van der Waals surface area (Å²) in [7, 11) is 4.14. The predicted molar refractivity (Wildman–Crippen MR) is 140 cm³/mol. The van der Waals surface area contributed by atoms with E-state index < -0.39 is 0 Å². The van der Waals surface area contributed by atoms with Gasteiger partial charge in [0.05, 0.1) is 0 Å². The summed E-state index contributed by atoms with van der Waals surface area (Å²) in [5.41, 5.74) is 8.06. The molecule has 0 saturated heterocycles. The van der Waals surface area contributed by atoms with Crippen LogP contribution in [0.2, 0.25) is 0 Å². The average Bonchev–Trinajstić information content (AvgIpc) is 2.85. The van der Waals surface area contributed by atoms with Crippen LogP contribution < -0.4 is 14.0 Å². The third kappa shape index (κ3) is 6.54. The second-order valence-electron chi connectivity index (χ2n) is 9.71. The van der Waals surface area contributed by atoms with Crippen molar-refractivity contribution < 1.29 is 9.13 Å². The molecule has 4 rings (SSSR count). The summed E-state index contributed by atoms with van der Waals surface area (Å²) in [4.78, 5) is 2.12. The molecule has 0 saturated carbocycles. The molecule has 0 atom stereocenters. The summed E-state index contributed by atoms with van der Waals surface area (Å²) in [6, 6.07) is 26.9. The normalized spacial score (nSPS) is 11.1. The summed E-state index contributed by atoms with van der Waals surface area (Å²) < 4.78 is 4.47. The molecule has 0 unspecified atom stereocenters. The van der Waals surface area contributed by atoms with Crippen LogP contribution in [0.25, 0.3) is 0 Å². The highest BCUT2D eigenvalue weighted by Crippen LogP contribution is 2.13. The number of aromatic nitrogens is 2. The molecule has 3 nitrogen and oxygen atoms in total. The van der Waals surface area contributed by atoms with E-state index >= 15 is 0 Å². The molecule has 2 aromatic carbocycles. The Balaban J connectivity index is 1.27. The Kier molecular flexibility index (Phi) is 7.74. The highest BCUT2D eigenvalue weighted by atomic mass is 15.1. The van der Waals surface area contributed by atoms with Crippen molar-refractivity contribution >= 4 is 5.69 Å². The van der Waals surface area contributed by atoms with Crippen LogP contribution in [0.1, 0.15) is 47.6 Å². The molecule has 34 heavy (non-hydrogen) atoms. The summed E-state index contributed by atoms with van der Waals surface area (Å²) in [5, 5.41) is 0. The third-order valence-electron chi connectivity index (χ3n) is 6.45. The SMILES string of the molecule is CC(C)c1cc[n+](Cc2ccc(CCc3ccc(C[n+]4ccc(N(C)C)cc4)cc3)cc2)cc1. The van der Waals surface area contributed by atoms with E-state index in [1.165, 1.54) is 33.5 Å². The number of nitrogens with zero attached hydrogens (tertiary/aromatic N) is 3. The fraction of sp³-hybridized carbons (Fsp3) is 0.290. The predicted octanol–water partition coefficient (Wildman–Crippen LogP) is 5.33. The van der Waals surface area contributed by atoms with E-state index in [1.54, 1.807) is 0 Å². The Morgan fingerprint density at radius 1 is 0.559 bits per heavy atom. The molecule has 4 aromatic rings. The van der Waals surface area contributed by atoms with E-state index in [0.29, 0.717) is 5.92 Å². The minimum atomic E-state index is 0.574. The van der Waals surface area contributed by atoms with Crippen LogP contribution >= 0.6 is 0 Å². The van der Waals surface area contributed by atoms with Crippen molar-refractivity contribution in [3.63, 3.8) is 0 Å². The van der Waals surface area contributed by atoms with Gasteiger partial charge in [0.2, 0.25) is 0 Å². The van der Waals surface area contributed by atoms with Gasteiger partial charge in [-0.1, -0.05) is 62.4 Å². The van der Waals surface area contributed by atoms with Crippen molar-refractivity contribution in [2.24, 2.45) is 0 Å². The largest absolute Gasteiger partial charge is 0.377 e. The van der Waals surface area contributed by atoms with Gasteiger partial charge in [-0.3, -0.25) is 0 Å². The van der Waals surface area contributed by atoms with Crippen LogP contribution in [-0.4, -0.2) is 14.1 Å². The molecule has 0 aliphatic carbocycles. The van der Waals surface area contributed by atoms with E-state index in [0.717, 1.165) is 25.9 Å². The molecule has 0 bridgehead atoms. The van der Waals surface area contributed by atoms with Crippen LogP contribution in [0.4, 0.5) is 5.69 Å². The van der Waals surface area contributed by atoms with Crippen molar-refractivity contribution in [3.05, 3.63) is 125 Å². The molecule has 0 fully saturated rings. The van der Waals surface area contributed by atoms with Gasteiger partial charge in [0.15, 0.2) is 37.9 Å². The van der Waals surface area contributed by atoms with Gasteiger partial charge in [0, 0.05) is 55.2 Å². The van der Waals surface area contributed by atoms with E-state index in [4.69, 9.17) is 0 Å². The number of pyridine rings is 2. The van der Waals surface area contributed by atoms with Gasteiger partial charge in [0.1, 0.15) is 0 Å². The Hall–Kier alpha value is -3.46. The first-order valence-corrected chi connectivity index (χ1v) is 12.3. The van der Waals surface area contributed by atoms with E-state index in [-0.39, 0.29) is 0 Å². The number of hydrogen-bond acceptors (Lipinski definition) is 1. The maximum atomic E-state index is 2.28. The first-order valence-electron chi connectivity index (χ1n) is 12.3. The second kappa shape index (κ2) is 11.1. The van der Waals surface area contributed by atoms with Crippen LogP contribution in [0.15, 0.2) is 97.6 Å². The molecular weight excluding hydrogens is 414 g/mol. The van der Waals surface area contributed by atoms with Crippen molar-refractivity contribution in [3.8, 4) is 0 Å². The molecule has 0 spiro atoms. The zero-order valence-electron chi connectivity index (χ0n) is 21.0. The van der Waals surface area contributed by atoms with Gasteiger partial charge in [0.25, 0.3) is 0 Å². The van der Waals surface area contributed by atoms with Gasteiger partial charge in [-0.15, -0.1) is 0 Å². The lowest BCUT2D eigenvalue weighted by Crippen LogP contribution is -2.33. The van der Waals surface area contributed by atoms with Crippen LogP contribution in [0.3, 0.4) is 0 Å². The van der Waals surface area contributed by atoms with Crippen molar-refractivity contribution in [1.82, 2.24) is 0 Å². The van der Waals surface area contributed by atoms with Gasteiger partial charge in [-0.05, 0) is 35.4 Å². The molecule has 0 radical (unpaired) electrons. The highest BCUT2D eigenvalue weighted by Gasteiger charge is 2.07. The highest BCUT2D eigenvalue weighted by molar-refractivity contribution is 5.41. The fourth-order valence-electron chi connectivity index (χ4n) is 4.15. The van der Waals surface area contributed by atoms with Gasteiger partial charge in [-0.2, -0.15) is 0 Å². The van der Waals surface area contributed by atoms with Gasteiger partial charge >= 0.3 is 0 Å². The van der Waals surface area contributed by atoms with Crippen LogP contribution in [-0.2, 0) is 25.9 Å². The maximum Gasteiger partial charge on any atom is 0.173 e. The quantitative estimate of drug-likeness (QED) is 0.313. The lowest BCUT2D eigenvalue weighted by molar-refractivity contribution is -0.688. The Morgan fingerprint density at radius 3 is 1.32 bits per heavy atom. The van der Waals surface area contributed by atoms with Gasteiger partial charge in [-0.25, -0.2) is 9.13 Å². The Bertz CT molecular complexity index is 1060. The summed E-state index contributed by atoms with van der Waals surface area (Å²) in [6.45, 7) is 6.28. The fourth-order valence-corrected chi connectivity index (χ4v) is 4.15. The lowest BCUT2D eigenvalue weighted by Gasteiger charge is -2.10. The zero-order valence-corrected chi connectivity index (χ0v) is 21.0. The van der Waals surface area contributed by atoms with Crippen LogP contribution in [0, 0.1) is 0 Å². The standard InChI is InChI=1S/C31H37N3/c1-25(2)30-15-19-33(20-16-30)23-28-11-7-26(8-12-28)5-6-27-9-13-29(14-10-27)24-34-21-17-31(18-22-34)32(3)4/h7-22,25H,5-6,23-24H2,1-4H3/q+2. The monoisotopic (exact) mass is 451 g/mol. The minimum absolute atomic E-state index is 0.574. The molecule has 174 valence electrons. The summed E-state index contributed by atoms with van der Waals surface area (Å²) in [5.74, 6) is 0.574. The molecule has 2 aromatic heterocycles.